The van der Waals surface area contributed by atoms with Crippen molar-refractivity contribution in [2.45, 2.75) is 63.8 Å². The Hall–Kier alpha value is -0.770. The van der Waals surface area contributed by atoms with Crippen LogP contribution in [0.5, 0.6) is 0 Å². The average molecular weight is 213 g/mol. The van der Waals surface area contributed by atoms with Gasteiger partial charge in [0.25, 0.3) is 0 Å². The summed E-state index contributed by atoms with van der Waals surface area (Å²) in [7, 11) is 0. The van der Waals surface area contributed by atoms with E-state index in [9.17, 15) is 9.90 Å². The highest BCUT2D eigenvalue weighted by Gasteiger charge is 2.49. The maximum Gasteiger partial charge on any atom is 0.410 e. The molecule has 15 heavy (non-hydrogen) atoms. The predicted octanol–water partition coefficient (Wildman–Crippen LogP) is 1.52. The van der Waals surface area contributed by atoms with Crippen molar-refractivity contribution >= 4 is 6.09 Å². The Morgan fingerprint density at radius 1 is 1.40 bits per heavy atom. The molecule has 0 aromatic heterocycles. The van der Waals surface area contributed by atoms with Gasteiger partial charge in [-0.25, -0.2) is 4.79 Å². The second-order valence-corrected chi connectivity index (χ2v) is 5.49. The van der Waals surface area contributed by atoms with E-state index < -0.39 is 5.60 Å². The number of ether oxygens (including phenoxy) is 1. The summed E-state index contributed by atoms with van der Waals surface area (Å²) < 4.78 is 5.33. The van der Waals surface area contributed by atoms with E-state index in [0.29, 0.717) is 6.42 Å². The topological polar surface area (TPSA) is 49.8 Å². The number of nitrogens with zero attached hydrogens (tertiary/aromatic N) is 1. The zero-order valence-corrected chi connectivity index (χ0v) is 9.56. The van der Waals surface area contributed by atoms with Gasteiger partial charge >= 0.3 is 6.09 Å². The summed E-state index contributed by atoms with van der Waals surface area (Å²) in [5, 5.41) is 9.69. The molecule has 3 atom stereocenters. The number of rotatable bonds is 0. The lowest BCUT2D eigenvalue weighted by molar-refractivity contribution is 0.0170. The molecule has 2 bridgehead atoms. The maximum atomic E-state index is 11.9. The van der Waals surface area contributed by atoms with E-state index >= 15 is 0 Å². The van der Waals surface area contributed by atoms with Crippen LogP contribution in [0.3, 0.4) is 0 Å². The Morgan fingerprint density at radius 3 is 2.47 bits per heavy atom. The van der Waals surface area contributed by atoms with E-state index in [1.807, 2.05) is 20.8 Å². The van der Waals surface area contributed by atoms with Crippen molar-refractivity contribution in [3.63, 3.8) is 0 Å². The number of hydrogen-bond donors (Lipinski definition) is 1. The molecule has 0 spiro atoms. The van der Waals surface area contributed by atoms with E-state index in [2.05, 4.69) is 0 Å². The van der Waals surface area contributed by atoms with Gasteiger partial charge < -0.3 is 9.84 Å². The third kappa shape index (κ3) is 1.95. The Kier molecular flexibility index (Phi) is 2.41. The maximum absolute atomic E-state index is 11.9. The lowest BCUT2D eigenvalue weighted by Crippen LogP contribution is -2.41. The van der Waals surface area contributed by atoms with Gasteiger partial charge in [0.1, 0.15) is 5.60 Å². The Balaban J connectivity index is 2.03. The fraction of sp³-hybridized carbons (Fsp3) is 0.909. The molecule has 2 heterocycles. The molecule has 2 aliphatic rings. The number of fused-ring (bicyclic) bond motifs is 2. The number of carbonyl (C=O) groups excluding carboxylic acids is 1. The summed E-state index contributed by atoms with van der Waals surface area (Å²) in [4.78, 5) is 13.6. The molecule has 0 aromatic carbocycles. The number of aliphatic hydroxyl groups is 1. The first-order chi connectivity index (χ1) is 6.88. The molecule has 2 fully saturated rings. The first-order valence-corrected chi connectivity index (χ1v) is 5.58. The van der Waals surface area contributed by atoms with Gasteiger partial charge in [0.2, 0.25) is 0 Å². The van der Waals surface area contributed by atoms with Crippen LogP contribution in [0.15, 0.2) is 0 Å². The van der Waals surface area contributed by atoms with Crippen molar-refractivity contribution in [1.29, 1.82) is 0 Å². The Morgan fingerprint density at radius 2 is 2.07 bits per heavy atom. The molecule has 4 heteroatoms. The molecule has 2 rings (SSSR count). The monoisotopic (exact) mass is 213 g/mol. The van der Waals surface area contributed by atoms with Gasteiger partial charge in [0.15, 0.2) is 0 Å². The van der Waals surface area contributed by atoms with E-state index in [4.69, 9.17) is 4.74 Å². The third-order valence-corrected chi connectivity index (χ3v) is 3.11. The molecule has 2 aliphatic heterocycles. The average Bonchev–Trinajstić information content (AvgIpc) is 2.55. The summed E-state index contributed by atoms with van der Waals surface area (Å²) in [6.45, 7) is 5.58. The molecule has 0 saturated carbocycles. The van der Waals surface area contributed by atoms with Crippen LogP contribution >= 0.6 is 0 Å². The van der Waals surface area contributed by atoms with E-state index in [-0.39, 0.29) is 24.3 Å². The highest BCUT2D eigenvalue weighted by atomic mass is 16.6. The van der Waals surface area contributed by atoms with Crippen LogP contribution in [-0.4, -0.2) is 39.9 Å². The van der Waals surface area contributed by atoms with Crippen LogP contribution in [0.1, 0.15) is 40.0 Å². The van der Waals surface area contributed by atoms with Crippen LogP contribution in [0.2, 0.25) is 0 Å². The molecule has 1 amide bonds. The summed E-state index contributed by atoms with van der Waals surface area (Å²) in [6.07, 6.45) is 2.00. The zero-order chi connectivity index (χ0) is 11.2. The van der Waals surface area contributed by atoms with E-state index in [1.54, 1.807) is 4.90 Å². The number of amides is 1. The van der Waals surface area contributed by atoms with Crippen LogP contribution in [0, 0.1) is 0 Å². The minimum Gasteiger partial charge on any atom is -0.444 e. The quantitative estimate of drug-likeness (QED) is 0.663. The third-order valence-electron chi connectivity index (χ3n) is 3.11. The van der Waals surface area contributed by atoms with Gasteiger partial charge in [-0.2, -0.15) is 0 Å². The predicted molar refractivity (Wildman–Crippen MR) is 55.5 cm³/mol. The lowest BCUT2D eigenvalue weighted by Gasteiger charge is -2.27. The molecule has 0 aliphatic carbocycles. The molecule has 1 N–H and O–H groups in total. The van der Waals surface area contributed by atoms with Crippen molar-refractivity contribution in [2.24, 2.45) is 0 Å². The fourth-order valence-electron chi connectivity index (χ4n) is 2.56. The Labute approximate surface area is 90.2 Å². The molecular formula is C11H19NO3. The number of hydrogen-bond acceptors (Lipinski definition) is 3. The molecule has 86 valence electrons. The van der Waals surface area contributed by atoms with Crippen molar-refractivity contribution in [1.82, 2.24) is 4.90 Å². The van der Waals surface area contributed by atoms with Crippen LogP contribution < -0.4 is 0 Å². The first-order valence-electron chi connectivity index (χ1n) is 5.58. The standard InChI is InChI=1S/C11H19NO3/c1-11(2,3)15-10(14)12-7-4-5-8(12)9(13)6-7/h7-9,13H,4-6H2,1-3H3/t7?,8-,9-/m0/s1. The molecule has 0 radical (unpaired) electrons. The smallest absolute Gasteiger partial charge is 0.410 e. The van der Waals surface area contributed by atoms with Crippen molar-refractivity contribution in [3.8, 4) is 0 Å². The van der Waals surface area contributed by atoms with Gasteiger partial charge in [0.05, 0.1) is 12.1 Å². The number of aliphatic hydroxyl groups excluding tert-OH is 1. The summed E-state index contributed by atoms with van der Waals surface area (Å²) in [5.41, 5.74) is -0.454. The SMILES string of the molecule is CC(C)(C)OC(=O)N1C2CC[C@H]1[C@@H](O)C2. The lowest BCUT2D eigenvalue weighted by atomic mass is 9.98. The van der Waals surface area contributed by atoms with Crippen molar-refractivity contribution < 1.29 is 14.6 Å². The summed E-state index contributed by atoms with van der Waals surface area (Å²) >= 11 is 0. The highest BCUT2D eigenvalue weighted by molar-refractivity contribution is 5.70. The first kappa shape index (κ1) is 10.7. The summed E-state index contributed by atoms with van der Waals surface area (Å²) in [5.74, 6) is 0. The van der Waals surface area contributed by atoms with Gasteiger partial charge in [-0.1, -0.05) is 0 Å². The minimum atomic E-state index is -0.454. The van der Waals surface area contributed by atoms with Gasteiger partial charge in [0, 0.05) is 6.04 Å². The summed E-state index contributed by atoms with van der Waals surface area (Å²) in [6, 6.07) is 0.185. The van der Waals surface area contributed by atoms with Gasteiger partial charge in [-0.05, 0) is 40.0 Å². The largest absolute Gasteiger partial charge is 0.444 e. The van der Waals surface area contributed by atoms with Crippen molar-refractivity contribution in [2.75, 3.05) is 0 Å². The fourth-order valence-corrected chi connectivity index (χ4v) is 2.56. The number of carbonyl (C=O) groups is 1. The highest BCUT2D eigenvalue weighted by Crippen LogP contribution is 2.38. The molecule has 1 unspecified atom stereocenters. The van der Waals surface area contributed by atoms with Crippen LogP contribution in [-0.2, 0) is 4.74 Å². The van der Waals surface area contributed by atoms with E-state index in [0.717, 1.165) is 12.8 Å². The van der Waals surface area contributed by atoms with E-state index in [1.165, 1.54) is 0 Å². The van der Waals surface area contributed by atoms with Gasteiger partial charge in [-0.15, -0.1) is 0 Å². The molecule has 0 aromatic rings. The van der Waals surface area contributed by atoms with Crippen molar-refractivity contribution in [3.05, 3.63) is 0 Å². The zero-order valence-electron chi connectivity index (χ0n) is 9.56. The molecule has 4 nitrogen and oxygen atoms in total. The normalized spacial score (nSPS) is 34.7. The Bertz CT molecular complexity index is 271. The second kappa shape index (κ2) is 3.37. The minimum absolute atomic E-state index is 0.00940. The second-order valence-electron chi connectivity index (χ2n) is 5.49. The molecule has 2 saturated heterocycles. The molecular weight excluding hydrogens is 194 g/mol. The van der Waals surface area contributed by atoms with Crippen LogP contribution in [0.25, 0.3) is 0 Å². The van der Waals surface area contributed by atoms with Crippen LogP contribution in [0.4, 0.5) is 4.79 Å². The van der Waals surface area contributed by atoms with Gasteiger partial charge in [-0.3, -0.25) is 4.90 Å².